The van der Waals surface area contributed by atoms with Crippen LogP contribution >= 0.6 is 0 Å². The van der Waals surface area contributed by atoms with E-state index < -0.39 is 47.7 Å². The molecule has 10 nitrogen and oxygen atoms in total. The van der Waals surface area contributed by atoms with Gasteiger partial charge in [-0.15, -0.1) is 13.2 Å². The fourth-order valence-corrected chi connectivity index (χ4v) is 7.60. The monoisotopic (exact) mass is 651 g/mol. The van der Waals surface area contributed by atoms with Gasteiger partial charge in [-0.1, -0.05) is 55.8 Å². The number of unbranched alkanes of at least 4 members (excludes halogenated alkanes) is 3. The normalized spacial score (nSPS) is 25.6. The smallest absolute Gasteiger partial charge is 0.313 e. The van der Waals surface area contributed by atoms with Crippen LogP contribution in [0.5, 0.6) is 0 Å². The van der Waals surface area contributed by atoms with Crippen molar-refractivity contribution in [2.45, 2.75) is 102 Å². The highest BCUT2D eigenvalue weighted by atomic mass is 16.6. The van der Waals surface area contributed by atoms with Gasteiger partial charge < -0.3 is 29.3 Å². The van der Waals surface area contributed by atoms with E-state index in [1.807, 2.05) is 37.3 Å². The molecule has 0 aliphatic carbocycles. The zero-order chi connectivity index (χ0) is 34.1. The number of aliphatic hydroxyl groups is 1. The van der Waals surface area contributed by atoms with E-state index in [0.717, 1.165) is 18.4 Å². The van der Waals surface area contributed by atoms with E-state index in [-0.39, 0.29) is 24.3 Å². The topological polar surface area (TPSA) is 117 Å². The number of carbonyl (C=O) groups is 4. The minimum atomic E-state index is -1.13. The van der Waals surface area contributed by atoms with Gasteiger partial charge in [-0.25, -0.2) is 0 Å². The number of esters is 1. The number of likely N-dealkylation sites (N-methyl/N-ethyl adjacent to an activating group) is 1. The Labute approximate surface area is 279 Å². The third-order valence-corrected chi connectivity index (χ3v) is 10.2. The van der Waals surface area contributed by atoms with E-state index in [4.69, 9.17) is 9.47 Å². The SMILES string of the molecule is C=CCCC(=O)N(C)[C@@H](C)[C@@H](OC(=O)[C@@H]1[C@@H]2CC[C@]3(O2)[C@H](C(=O)N(CC=C)CCCC)N(CCCCCO)C(=O)[C@@H]13)c1ccccc1. The van der Waals surface area contributed by atoms with Crippen LogP contribution in [0.25, 0.3) is 0 Å². The zero-order valence-corrected chi connectivity index (χ0v) is 28.4. The van der Waals surface area contributed by atoms with Crippen LogP contribution in [0, 0.1) is 11.8 Å². The van der Waals surface area contributed by atoms with Gasteiger partial charge in [0.2, 0.25) is 17.7 Å². The van der Waals surface area contributed by atoms with Crippen molar-refractivity contribution in [3.63, 3.8) is 0 Å². The molecule has 1 aromatic rings. The predicted octanol–water partition coefficient (Wildman–Crippen LogP) is 4.44. The number of fused-ring (bicyclic) bond motifs is 1. The molecule has 1 spiro atoms. The maximum Gasteiger partial charge on any atom is 0.313 e. The molecule has 3 heterocycles. The van der Waals surface area contributed by atoms with Gasteiger partial charge in [0.25, 0.3) is 0 Å². The second-order valence-electron chi connectivity index (χ2n) is 13.1. The number of benzene rings is 1. The summed E-state index contributed by atoms with van der Waals surface area (Å²) in [4.78, 5) is 61.0. The van der Waals surface area contributed by atoms with Gasteiger partial charge in [-0.05, 0) is 57.4 Å². The Morgan fingerprint density at radius 2 is 1.89 bits per heavy atom. The van der Waals surface area contributed by atoms with E-state index in [2.05, 4.69) is 20.1 Å². The van der Waals surface area contributed by atoms with Crippen molar-refractivity contribution in [1.29, 1.82) is 0 Å². The van der Waals surface area contributed by atoms with Crippen LogP contribution in [0.1, 0.15) is 83.3 Å². The standard InChI is InChI=1S/C37H53N3O7/c1-6-9-19-29(42)38(5)26(4)32(27-17-13-11-14-18-27)46-36(45)30-28-20-21-37(47-28)31(30)34(43)40(24-15-12-16-25-41)33(37)35(44)39(22-8-3)23-10-7-2/h6,8,11,13-14,17-18,26,28,30-33,41H,1,3,7,9-10,12,15-16,19-25H2,2,4-5H3/t26-,28-,30+,31+,32+,33-,37+/m0/s1. The zero-order valence-electron chi connectivity index (χ0n) is 28.4. The molecule has 3 amide bonds. The number of carbonyl (C=O) groups excluding carboxylic acids is 4. The van der Waals surface area contributed by atoms with Gasteiger partial charge in [-0.2, -0.15) is 0 Å². The van der Waals surface area contributed by atoms with Gasteiger partial charge in [0.15, 0.2) is 0 Å². The first-order valence-electron chi connectivity index (χ1n) is 17.3. The summed E-state index contributed by atoms with van der Waals surface area (Å²) < 4.78 is 12.9. The average Bonchev–Trinajstić information content (AvgIpc) is 3.73. The number of amides is 3. The number of rotatable bonds is 19. The summed E-state index contributed by atoms with van der Waals surface area (Å²) in [5.74, 6) is -2.81. The first-order chi connectivity index (χ1) is 22.7. The number of ether oxygens (including phenoxy) is 2. The molecule has 1 aromatic carbocycles. The van der Waals surface area contributed by atoms with Crippen molar-refractivity contribution < 1.29 is 33.8 Å². The molecular weight excluding hydrogens is 598 g/mol. The summed E-state index contributed by atoms with van der Waals surface area (Å²) in [5.41, 5.74) is -0.390. The van der Waals surface area contributed by atoms with E-state index in [1.54, 1.807) is 33.9 Å². The number of aliphatic hydroxyl groups excluding tert-OH is 1. The van der Waals surface area contributed by atoms with Gasteiger partial charge in [0, 0.05) is 39.7 Å². The molecule has 47 heavy (non-hydrogen) atoms. The predicted molar refractivity (Wildman–Crippen MR) is 179 cm³/mol. The molecule has 3 fully saturated rings. The van der Waals surface area contributed by atoms with Crippen molar-refractivity contribution in [1.82, 2.24) is 14.7 Å². The second kappa shape index (κ2) is 16.6. The van der Waals surface area contributed by atoms with E-state index in [0.29, 0.717) is 64.6 Å². The molecule has 1 N–H and O–H groups in total. The molecule has 0 radical (unpaired) electrons. The molecule has 3 saturated heterocycles. The molecule has 0 aromatic heterocycles. The maximum absolute atomic E-state index is 14.4. The maximum atomic E-state index is 14.4. The third-order valence-electron chi connectivity index (χ3n) is 10.2. The lowest BCUT2D eigenvalue weighted by Gasteiger charge is -2.37. The largest absolute Gasteiger partial charge is 0.455 e. The van der Waals surface area contributed by atoms with Crippen LogP contribution in [-0.2, 0) is 28.7 Å². The highest BCUT2D eigenvalue weighted by Gasteiger charge is 2.75. The molecule has 0 unspecified atom stereocenters. The average molecular weight is 652 g/mol. The molecule has 4 rings (SSSR count). The minimum Gasteiger partial charge on any atom is -0.455 e. The third kappa shape index (κ3) is 7.49. The van der Waals surface area contributed by atoms with Gasteiger partial charge in [-0.3, -0.25) is 19.2 Å². The Bertz CT molecular complexity index is 1270. The minimum absolute atomic E-state index is 0.0573. The lowest BCUT2D eigenvalue weighted by molar-refractivity contribution is -0.164. The fraction of sp³-hybridized carbons (Fsp3) is 0.622. The van der Waals surface area contributed by atoms with Gasteiger partial charge >= 0.3 is 5.97 Å². The molecule has 258 valence electrons. The Balaban J connectivity index is 1.65. The Morgan fingerprint density at radius 3 is 2.55 bits per heavy atom. The Hall–Kier alpha value is -3.50. The first-order valence-corrected chi connectivity index (χ1v) is 17.3. The van der Waals surface area contributed by atoms with Crippen molar-refractivity contribution >= 4 is 23.7 Å². The van der Waals surface area contributed by atoms with Crippen molar-refractivity contribution in [3.05, 3.63) is 61.2 Å². The lowest BCUT2D eigenvalue weighted by Crippen LogP contribution is -2.56. The molecule has 7 atom stereocenters. The van der Waals surface area contributed by atoms with Gasteiger partial charge in [0.1, 0.15) is 17.7 Å². The summed E-state index contributed by atoms with van der Waals surface area (Å²) in [5, 5.41) is 9.32. The Kier molecular flexibility index (Phi) is 12.8. The lowest BCUT2D eigenvalue weighted by atomic mass is 9.70. The van der Waals surface area contributed by atoms with Crippen LogP contribution in [0.3, 0.4) is 0 Å². The summed E-state index contributed by atoms with van der Waals surface area (Å²) in [6.07, 6.45) is 7.58. The van der Waals surface area contributed by atoms with Crippen molar-refractivity contribution in [3.8, 4) is 0 Å². The molecule has 0 saturated carbocycles. The van der Waals surface area contributed by atoms with Crippen LogP contribution in [-0.4, -0.2) is 101 Å². The van der Waals surface area contributed by atoms with E-state index in [1.165, 1.54) is 0 Å². The van der Waals surface area contributed by atoms with Crippen LogP contribution in [0.15, 0.2) is 55.6 Å². The van der Waals surface area contributed by atoms with Crippen LogP contribution < -0.4 is 0 Å². The number of allylic oxidation sites excluding steroid dienone is 1. The quantitative estimate of drug-likeness (QED) is 0.134. The summed E-state index contributed by atoms with van der Waals surface area (Å²) in [6, 6.07) is 7.97. The molecule has 2 bridgehead atoms. The highest BCUT2D eigenvalue weighted by Crippen LogP contribution is 2.59. The molecule has 3 aliphatic rings. The first kappa shape index (κ1) is 36.3. The molecular formula is C37H53N3O7. The van der Waals surface area contributed by atoms with E-state index in [9.17, 15) is 24.3 Å². The number of hydrogen-bond acceptors (Lipinski definition) is 7. The molecule has 10 heteroatoms. The fourth-order valence-electron chi connectivity index (χ4n) is 7.60. The van der Waals surface area contributed by atoms with Gasteiger partial charge in [0.05, 0.1) is 24.0 Å². The number of nitrogens with zero attached hydrogens (tertiary/aromatic N) is 3. The summed E-state index contributed by atoms with van der Waals surface area (Å²) in [7, 11) is 1.70. The van der Waals surface area contributed by atoms with E-state index >= 15 is 0 Å². The highest BCUT2D eigenvalue weighted by molar-refractivity contribution is 5.98. The Morgan fingerprint density at radius 1 is 1.15 bits per heavy atom. The second-order valence-corrected chi connectivity index (χ2v) is 13.1. The summed E-state index contributed by atoms with van der Waals surface area (Å²) >= 11 is 0. The van der Waals surface area contributed by atoms with Crippen molar-refractivity contribution in [2.75, 3.05) is 33.3 Å². The molecule has 3 aliphatic heterocycles. The number of likely N-dealkylation sites (tertiary alicyclic amines) is 1. The van der Waals surface area contributed by atoms with Crippen molar-refractivity contribution in [2.24, 2.45) is 11.8 Å². The summed E-state index contributed by atoms with van der Waals surface area (Å²) in [6.45, 7) is 12.8. The number of hydrogen-bond donors (Lipinski definition) is 1. The van der Waals surface area contributed by atoms with Crippen LogP contribution in [0.2, 0.25) is 0 Å². The van der Waals surface area contributed by atoms with Crippen LogP contribution in [0.4, 0.5) is 0 Å².